The molecule has 0 saturated carbocycles. The number of methoxy groups -OCH3 is 1. The summed E-state index contributed by atoms with van der Waals surface area (Å²) in [5, 5.41) is 0. The van der Waals surface area contributed by atoms with Crippen molar-refractivity contribution in [2.75, 3.05) is 13.7 Å². The zero-order valence-electron chi connectivity index (χ0n) is 11.0. The highest BCUT2D eigenvalue weighted by Crippen LogP contribution is 2.19. The van der Waals surface area contributed by atoms with Crippen molar-refractivity contribution in [1.29, 1.82) is 0 Å². The van der Waals surface area contributed by atoms with Crippen molar-refractivity contribution in [2.45, 2.75) is 25.6 Å². The summed E-state index contributed by atoms with van der Waals surface area (Å²) in [4.78, 5) is 11.0. The van der Waals surface area contributed by atoms with E-state index in [9.17, 15) is 4.79 Å². The molecule has 1 aromatic carbocycles. The first-order valence-electron chi connectivity index (χ1n) is 6.42. The molecule has 1 fully saturated rings. The Bertz CT molecular complexity index is 430. The third-order valence-corrected chi connectivity index (χ3v) is 2.90. The fourth-order valence-corrected chi connectivity index (χ4v) is 1.85. The number of rotatable bonds is 4. The van der Waals surface area contributed by atoms with E-state index in [4.69, 9.17) is 9.47 Å². The maximum absolute atomic E-state index is 11.0. The van der Waals surface area contributed by atoms with Gasteiger partial charge in [-0.1, -0.05) is 12.1 Å². The number of hydrogen-bond acceptors (Lipinski definition) is 4. The highest BCUT2D eigenvalue weighted by atomic mass is 16.7. The Balaban J connectivity index is 1.90. The summed E-state index contributed by atoms with van der Waals surface area (Å²) in [5.74, 6) is 0.415. The summed E-state index contributed by atoms with van der Waals surface area (Å²) in [6.45, 7) is 0.768. The summed E-state index contributed by atoms with van der Waals surface area (Å²) < 4.78 is 15.8. The highest BCUT2D eigenvalue weighted by molar-refractivity contribution is 5.86. The summed E-state index contributed by atoms with van der Waals surface area (Å²) in [7, 11) is 1.35. The first-order chi connectivity index (χ1) is 9.28. The lowest BCUT2D eigenvalue weighted by molar-refractivity contribution is -0.134. The monoisotopic (exact) mass is 262 g/mol. The van der Waals surface area contributed by atoms with Crippen LogP contribution in [0.15, 0.2) is 30.3 Å². The van der Waals surface area contributed by atoms with Gasteiger partial charge >= 0.3 is 5.97 Å². The molecule has 0 N–H and O–H groups in total. The Morgan fingerprint density at radius 3 is 2.74 bits per heavy atom. The first kappa shape index (κ1) is 13.6. The van der Waals surface area contributed by atoms with E-state index in [1.165, 1.54) is 13.2 Å². The van der Waals surface area contributed by atoms with E-state index in [1.807, 2.05) is 24.3 Å². The van der Waals surface area contributed by atoms with Crippen LogP contribution in [-0.2, 0) is 14.3 Å². The maximum atomic E-state index is 11.0. The van der Waals surface area contributed by atoms with Gasteiger partial charge in [0.05, 0.1) is 13.7 Å². The number of esters is 1. The molecule has 1 aliphatic heterocycles. The highest BCUT2D eigenvalue weighted by Gasteiger charge is 2.14. The van der Waals surface area contributed by atoms with E-state index in [0.29, 0.717) is 0 Å². The van der Waals surface area contributed by atoms with Gasteiger partial charge in [-0.05, 0) is 36.6 Å². The van der Waals surface area contributed by atoms with Crippen molar-refractivity contribution in [2.24, 2.45) is 0 Å². The van der Waals surface area contributed by atoms with Crippen LogP contribution in [0.3, 0.4) is 0 Å². The molecule has 0 spiro atoms. The quantitative estimate of drug-likeness (QED) is 0.618. The van der Waals surface area contributed by atoms with Crippen molar-refractivity contribution in [1.82, 2.24) is 0 Å². The van der Waals surface area contributed by atoms with Crippen molar-refractivity contribution in [3.63, 3.8) is 0 Å². The second-order valence-electron chi connectivity index (χ2n) is 4.34. The Kier molecular flexibility index (Phi) is 4.98. The third kappa shape index (κ3) is 4.41. The van der Waals surface area contributed by atoms with E-state index in [-0.39, 0.29) is 12.3 Å². The van der Waals surface area contributed by atoms with Crippen molar-refractivity contribution < 1.29 is 19.0 Å². The molecule has 102 valence electrons. The molecule has 0 aliphatic carbocycles. The van der Waals surface area contributed by atoms with Crippen molar-refractivity contribution >= 4 is 12.0 Å². The minimum absolute atomic E-state index is 0.134. The van der Waals surface area contributed by atoms with Crippen LogP contribution in [-0.4, -0.2) is 26.0 Å². The van der Waals surface area contributed by atoms with E-state index in [0.717, 1.165) is 37.2 Å². The molecule has 0 amide bonds. The molecule has 2 rings (SSSR count). The zero-order valence-corrected chi connectivity index (χ0v) is 11.0. The molecule has 1 atom stereocenters. The SMILES string of the molecule is COC(=O)/C=C/c1ccc(OC2CCCCO2)cc1. The molecule has 1 saturated heterocycles. The van der Waals surface area contributed by atoms with Crippen LogP contribution >= 0.6 is 0 Å². The van der Waals surface area contributed by atoms with Crippen LogP contribution in [0.5, 0.6) is 5.75 Å². The molecule has 1 heterocycles. The van der Waals surface area contributed by atoms with Crippen LogP contribution in [0, 0.1) is 0 Å². The fraction of sp³-hybridized carbons (Fsp3) is 0.400. The second kappa shape index (κ2) is 6.95. The molecular weight excluding hydrogens is 244 g/mol. The summed E-state index contributed by atoms with van der Waals surface area (Å²) >= 11 is 0. The molecule has 0 bridgehead atoms. The van der Waals surface area contributed by atoms with Gasteiger partial charge in [0.2, 0.25) is 0 Å². The molecule has 19 heavy (non-hydrogen) atoms. The largest absolute Gasteiger partial charge is 0.466 e. The van der Waals surface area contributed by atoms with Gasteiger partial charge in [0, 0.05) is 12.5 Å². The van der Waals surface area contributed by atoms with Gasteiger partial charge in [0.15, 0.2) is 6.29 Å². The van der Waals surface area contributed by atoms with E-state index < -0.39 is 0 Å². The van der Waals surface area contributed by atoms with E-state index in [2.05, 4.69) is 4.74 Å². The van der Waals surface area contributed by atoms with Gasteiger partial charge in [-0.25, -0.2) is 4.79 Å². The minimum atomic E-state index is -0.365. The maximum Gasteiger partial charge on any atom is 0.330 e. The lowest BCUT2D eigenvalue weighted by Crippen LogP contribution is -2.24. The predicted molar refractivity (Wildman–Crippen MR) is 71.7 cm³/mol. The molecule has 0 aromatic heterocycles. The molecule has 1 aromatic rings. The molecule has 4 heteroatoms. The fourth-order valence-electron chi connectivity index (χ4n) is 1.85. The number of carbonyl (C=O) groups is 1. The average molecular weight is 262 g/mol. The minimum Gasteiger partial charge on any atom is -0.466 e. The number of benzene rings is 1. The van der Waals surface area contributed by atoms with Crippen LogP contribution in [0.1, 0.15) is 24.8 Å². The van der Waals surface area contributed by atoms with Crippen LogP contribution in [0.25, 0.3) is 6.08 Å². The number of hydrogen-bond donors (Lipinski definition) is 0. The summed E-state index contributed by atoms with van der Waals surface area (Å²) in [5.41, 5.74) is 0.919. The molecule has 1 unspecified atom stereocenters. The number of ether oxygens (including phenoxy) is 3. The summed E-state index contributed by atoms with van der Waals surface area (Å²) in [6.07, 6.45) is 6.14. The molecule has 4 nitrogen and oxygen atoms in total. The van der Waals surface area contributed by atoms with E-state index >= 15 is 0 Å². The molecule has 1 aliphatic rings. The zero-order chi connectivity index (χ0) is 13.5. The van der Waals surface area contributed by atoms with Crippen LogP contribution < -0.4 is 4.74 Å². The first-order valence-corrected chi connectivity index (χ1v) is 6.42. The van der Waals surface area contributed by atoms with Gasteiger partial charge in [0.25, 0.3) is 0 Å². The number of carbonyl (C=O) groups excluding carboxylic acids is 1. The predicted octanol–water partition coefficient (Wildman–Crippen LogP) is 2.78. The topological polar surface area (TPSA) is 44.8 Å². The van der Waals surface area contributed by atoms with E-state index in [1.54, 1.807) is 6.08 Å². The third-order valence-electron chi connectivity index (χ3n) is 2.90. The second-order valence-corrected chi connectivity index (χ2v) is 4.34. The average Bonchev–Trinajstić information content (AvgIpc) is 2.47. The molecular formula is C15H18O4. The van der Waals surface area contributed by atoms with Gasteiger partial charge in [-0.2, -0.15) is 0 Å². The smallest absolute Gasteiger partial charge is 0.330 e. The summed E-state index contributed by atoms with van der Waals surface area (Å²) in [6, 6.07) is 7.51. The Labute approximate surface area is 113 Å². The van der Waals surface area contributed by atoms with Crippen LogP contribution in [0.2, 0.25) is 0 Å². The van der Waals surface area contributed by atoms with Crippen molar-refractivity contribution in [3.05, 3.63) is 35.9 Å². The van der Waals surface area contributed by atoms with Crippen LogP contribution in [0.4, 0.5) is 0 Å². The van der Waals surface area contributed by atoms with Gasteiger partial charge in [-0.15, -0.1) is 0 Å². The lowest BCUT2D eigenvalue weighted by atomic mass is 10.2. The lowest BCUT2D eigenvalue weighted by Gasteiger charge is -2.23. The van der Waals surface area contributed by atoms with Gasteiger partial charge < -0.3 is 14.2 Å². The Hall–Kier alpha value is -1.81. The van der Waals surface area contributed by atoms with Gasteiger partial charge in [0.1, 0.15) is 5.75 Å². The Morgan fingerprint density at radius 2 is 2.11 bits per heavy atom. The molecule has 0 radical (unpaired) electrons. The Morgan fingerprint density at radius 1 is 1.32 bits per heavy atom. The van der Waals surface area contributed by atoms with Crippen molar-refractivity contribution in [3.8, 4) is 5.75 Å². The van der Waals surface area contributed by atoms with Gasteiger partial charge in [-0.3, -0.25) is 0 Å². The normalized spacial score (nSPS) is 19.3. The standard InChI is InChI=1S/C15H18O4/c1-17-14(16)10-7-12-5-8-13(9-6-12)19-15-4-2-3-11-18-15/h5-10,15H,2-4,11H2,1H3/b10-7+.